The highest BCUT2D eigenvalue weighted by atomic mass is 16.3. The quantitative estimate of drug-likeness (QED) is 0.841. The van der Waals surface area contributed by atoms with Crippen molar-refractivity contribution in [3.63, 3.8) is 0 Å². The first kappa shape index (κ1) is 15.3. The van der Waals surface area contributed by atoms with Gasteiger partial charge >= 0.3 is 0 Å². The molecule has 0 aliphatic rings. The lowest BCUT2D eigenvalue weighted by atomic mass is 10.2. The third-order valence-electron chi connectivity index (χ3n) is 3.47. The SMILES string of the molecule is CCC(O)CCNC(=O)Cn1ccc(=O)c2ccccc21. The van der Waals surface area contributed by atoms with Gasteiger partial charge in [-0.05, 0) is 25.0 Å². The summed E-state index contributed by atoms with van der Waals surface area (Å²) >= 11 is 0. The first-order valence-electron chi connectivity index (χ1n) is 7.14. The first-order chi connectivity index (χ1) is 10.1. The van der Waals surface area contributed by atoms with Gasteiger partial charge in [0, 0.05) is 24.2 Å². The molecule has 0 radical (unpaired) electrons. The lowest BCUT2D eigenvalue weighted by Crippen LogP contribution is -2.30. The van der Waals surface area contributed by atoms with Crippen LogP contribution in [0, 0.1) is 0 Å². The highest BCUT2D eigenvalue weighted by Crippen LogP contribution is 2.09. The zero-order valence-corrected chi connectivity index (χ0v) is 12.1. The second-order valence-electron chi connectivity index (χ2n) is 5.03. The summed E-state index contributed by atoms with van der Waals surface area (Å²) in [5, 5.41) is 12.8. The van der Waals surface area contributed by atoms with Gasteiger partial charge in [-0.15, -0.1) is 0 Å². The van der Waals surface area contributed by atoms with Gasteiger partial charge < -0.3 is 15.0 Å². The highest BCUT2D eigenvalue weighted by Gasteiger charge is 2.07. The molecule has 0 aliphatic heterocycles. The molecule has 2 N–H and O–H groups in total. The number of aliphatic hydroxyl groups is 1. The van der Waals surface area contributed by atoms with Crippen molar-refractivity contribution >= 4 is 16.8 Å². The van der Waals surface area contributed by atoms with Crippen molar-refractivity contribution in [1.29, 1.82) is 0 Å². The molecule has 2 aromatic rings. The molecular formula is C16H20N2O3. The van der Waals surface area contributed by atoms with Crippen molar-refractivity contribution in [2.24, 2.45) is 0 Å². The Morgan fingerprint density at radius 3 is 2.86 bits per heavy atom. The lowest BCUT2D eigenvalue weighted by Gasteiger charge is -2.12. The number of pyridine rings is 1. The number of rotatable bonds is 6. The minimum atomic E-state index is -0.376. The Morgan fingerprint density at radius 2 is 2.10 bits per heavy atom. The number of carbonyl (C=O) groups excluding carboxylic acids is 1. The fourth-order valence-electron chi connectivity index (χ4n) is 2.19. The van der Waals surface area contributed by atoms with E-state index in [1.54, 1.807) is 22.9 Å². The van der Waals surface area contributed by atoms with E-state index in [0.29, 0.717) is 24.8 Å². The van der Waals surface area contributed by atoms with Crippen LogP contribution in [0.4, 0.5) is 0 Å². The summed E-state index contributed by atoms with van der Waals surface area (Å²) in [5.41, 5.74) is 0.696. The van der Waals surface area contributed by atoms with Crippen LogP contribution < -0.4 is 10.7 Å². The summed E-state index contributed by atoms with van der Waals surface area (Å²) in [6.45, 7) is 2.51. The smallest absolute Gasteiger partial charge is 0.239 e. The normalized spacial score (nSPS) is 12.3. The number of amides is 1. The number of carbonyl (C=O) groups is 1. The molecule has 1 heterocycles. The van der Waals surface area contributed by atoms with E-state index in [0.717, 1.165) is 5.52 Å². The second kappa shape index (κ2) is 7.04. The molecule has 0 fully saturated rings. The van der Waals surface area contributed by atoms with E-state index in [9.17, 15) is 14.7 Å². The van der Waals surface area contributed by atoms with Gasteiger partial charge in [0.05, 0.1) is 11.6 Å². The van der Waals surface area contributed by atoms with E-state index in [4.69, 9.17) is 0 Å². The molecule has 1 aromatic carbocycles. The Balaban J connectivity index is 2.05. The zero-order chi connectivity index (χ0) is 15.2. The van der Waals surface area contributed by atoms with Crippen molar-refractivity contribution in [2.45, 2.75) is 32.4 Å². The topological polar surface area (TPSA) is 71.3 Å². The summed E-state index contributed by atoms with van der Waals surface area (Å²) < 4.78 is 1.75. The third kappa shape index (κ3) is 3.92. The van der Waals surface area contributed by atoms with E-state index in [2.05, 4.69) is 5.32 Å². The maximum absolute atomic E-state index is 11.9. The number of fused-ring (bicyclic) bond motifs is 1. The molecule has 0 saturated heterocycles. The molecule has 1 amide bonds. The molecule has 2 rings (SSSR count). The van der Waals surface area contributed by atoms with Crippen LogP contribution >= 0.6 is 0 Å². The van der Waals surface area contributed by atoms with Crippen molar-refractivity contribution in [1.82, 2.24) is 9.88 Å². The lowest BCUT2D eigenvalue weighted by molar-refractivity contribution is -0.121. The van der Waals surface area contributed by atoms with Crippen LogP contribution in [0.5, 0.6) is 0 Å². The molecule has 1 atom stereocenters. The zero-order valence-electron chi connectivity index (χ0n) is 12.1. The number of benzene rings is 1. The van der Waals surface area contributed by atoms with Gasteiger partial charge in [-0.25, -0.2) is 0 Å². The van der Waals surface area contributed by atoms with Gasteiger partial charge in [-0.3, -0.25) is 9.59 Å². The number of aromatic nitrogens is 1. The first-order valence-corrected chi connectivity index (χ1v) is 7.14. The van der Waals surface area contributed by atoms with Crippen molar-refractivity contribution in [3.05, 3.63) is 46.8 Å². The van der Waals surface area contributed by atoms with Crippen LogP contribution in [0.3, 0.4) is 0 Å². The molecule has 1 unspecified atom stereocenters. The van der Waals surface area contributed by atoms with Crippen LogP contribution in [0.15, 0.2) is 41.3 Å². The third-order valence-corrected chi connectivity index (χ3v) is 3.47. The Hall–Kier alpha value is -2.14. The minimum Gasteiger partial charge on any atom is -0.393 e. The van der Waals surface area contributed by atoms with Crippen molar-refractivity contribution < 1.29 is 9.90 Å². The standard InChI is InChI=1S/C16H20N2O3/c1-2-12(19)7-9-17-16(21)11-18-10-8-15(20)13-5-3-4-6-14(13)18/h3-6,8,10,12,19H,2,7,9,11H2,1H3,(H,17,21). The second-order valence-corrected chi connectivity index (χ2v) is 5.03. The Bertz CT molecular complexity index is 679. The van der Waals surface area contributed by atoms with Crippen LogP contribution in [-0.4, -0.2) is 28.2 Å². The predicted molar refractivity (Wildman–Crippen MR) is 82.1 cm³/mol. The maximum Gasteiger partial charge on any atom is 0.239 e. The molecule has 0 bridgehead atoms. The van der Waals surface area contributed by atoms with E-state index in [-0.39, 0.29) is 24.0 Å². The average Bonchev–Trinajstić information content (AvgIpc) is 2.50. The molecular weight excluding hydrogens is 268 g/mol. The largest absolute Gasteiger partial charge is 0.393 e. The molecule has 1 aromatic heterocycles. The number of hydrogen-bond acceptors (Lipinski definition) is 3. The molecule has 21 heavy (non-hydrogen) atoms. The number of nitrogens with zero attached hydrogens (tertiary/aromatic N) is 1. The maximum atomic E-state index is 11.9. The molecule has 112 valence electrons. The molecule has 5 heteroatoms. The molecule has 0 saturated carbocycles. The van der Waals surface area contributed by atoms with Crippen LogP contribution in [-0.2, 0) is 11.3 Å². The Kier molecular flexibility index (Phi) is 5.11. The van der Waals surface area contributed by atoms with E-state index in [1.807, 2.05) is 19.1 Å². The average molecular weight is 288 g/mol. The summed E-state index contributed by atoms with van der Waals surface area (Å²) in [5.74, 6) is -0.132. The van der Waals surface area contributed by atoms with Crippen molar-refractivity contribution in [2.75, 3.05) is 6.54 Å². The van der Waals surface area contributed by atoms with E-state index in [1.165, 1.54) is 6.07 Å². The van der Waals surface area contributed by atoms with Crippen molar-refractivity contribution in [3.8, 4) is 0 Å². The summed E-state index contributed by atoms with van der Waals surface area (Å²) in [6, 6.07) is 8.69. The number of para-hydroxylation sites is 1. The van der Waals surface area contributed by atoms with E-state index < -0.39 is 0 Å². The van der Waals surface area contributed by atoms with Gasteiger partial charge in [0.1, 0.15) is 6.54 Å². The van der Waals surface area contributed by atoms with Crippen LogP contribution in [0.2, 0.25) is 0 Å². The molecule has 0 spiro atoms. The van der Waals surface area contributed by atoms with Gasteiger partial charge in [-0.1, -0.05) is 19.1 Å². The number of hydrogen-bond donors (Lipinski definition) is 2. The molecule has 0 aliphatic carbocycles. The summed E-state index contributed by atoms with van der Waals surface area (Å²) in [4.78, 5) is 23.7. The molecule has 5 nitrogen and oxygen atoms in total. The Morgan fingerprint density at radius 1 is 1.33 bits per heavy atom. The number of nitrogens with one attached hydrogen (secondary N) is 1. The minimum absolute atomic E-state index is 0.0478. The van der Waals surface area contributed by atoms with Gasteiger partial charge in [0.15, 0.2) is 5.43 Å². The number of aliphatic hydroxyl groups excluding tert-OH is 1. The van der Waals surface area contributed by atoms with Gasteiger partial charge in [0.2, 0.25) is 5.91 Å². The van der Waals surface area contributed by atoms with E-state index >= 15 is 0 Å². The summed E-state index contributed by atoms with van der Waals surface area (Å²) in [6.07, 6.45) is 2.48. The Labute approximate surface area is 123 Å². The predicted octanol–water partition coefficient (Wildman–Crippen LogP) is 1.28. The summed E-state index contributed by atoms with van der Waals surface area (Å²) in [7, 11) is 0. The highest BCUT2D eigenvalue weighted by molar-refractivity contribution is 5.82. The van der Waals surface area contributed by atoms with Gasteiger partial charge in [0.25, 0.3) is 0 Å². The van der Waals surface area contributed by atoms with Crippen LogP contribution in [0.25, 0.3) is 10.9 Å². The fraction of sp³-hybridized carbons (Fsp3) is 0.375. The van der Waals surface area contributed by atoms with Crippen LogP contribution in [0.1, 0.15) is 19.8 Å². The monoisotopic (exact) mass is 288 g/mol. The van der Waals surface area contributed by atoms with Gasteiger partial charge in [-0.2, -0.15) is 0 Å². The fourth-order valence-corrected chi connectivity index (χ4v) is 2.19.